The molecule has 82 valence electrons. The first-order valence-electron chi connectivity index (χ1n) is 4.62. The summed E-state index contributed by atoms with van der Waals surface area (Å²) in [6, 6.07) is 6.21. The third kappa shape index (κ3) is 2.49. The lowest BCUT2D eigenvalue weighted by Crippen LogP contribution is -2.00. The molecule has 0 radical (unpaired) electrons. The number of thiophene rings is 1. The zero-order valence-electron chi connectivity index (χ0n) is 8.46. The van der Waals surface area contributed by atoms with Crippen molar-refractivity contribution in [1.29, 1.82) is 0 Å². The van der Waals surface area contributed by atoms with E-state index in [-0.39, 0.29) is 11.6 Å². The number of rotatable bonds is 2. The van der Waals surface area contributed by atoms with Crippen LogP contribution in [0.4, 0.5) is 4.39 Å². The van der Waals surface area contributed by atoms with Crippen LogP contribution in [0.25, 0.3) is 0 Å². The Morgan fingerprint density at radius 1 is 1.25 bits per heavy atom. The maximum atomic E-state index is 13.2. The molecule has 1 aromatic heterocycles. The van der Waals surface area contributed by atoms with Crippen molar-refractivity contribution in [2.45, 2.75) is 6.92 Å². The van der Waals surface area contributed by atoms with E-state index in [9.17, 15) is 9.18 Å². The average Bonchev–Trinajstić information content (AvgIpc) is 2.62. The predicted octanol–water partition coefficient (Wildman–Crippen LogP) is 4.03. The van der Waals surface area contributed by atoms with Crippen LogP contribution in [-0.2, 0) is 0 Å². The van der Waals surface area contributed by atoms with E-state index in [0.717, 1.165) is 8.45 Å². The molecule has 0 fully saturated rings. The first-order chi connectivity index (χ1) is 7.56. The molecule has 1 heterocycles. The third-order valence-electron chi connectivity index (χ3n) is 2.13. The second-order valence-electron chi connectivity index (χ2n) is 3.49. The van der Waals surface area contributed by atoms with Crippen LogP contribution in [0, 0.1) is 15.6 Å². The molecular weight excluding hydrogens is 338 g/mol. The van der Waals surface area contributed by atoms with E-state index in [2.05, 4.69) is 22.6 Å². The molecular formula is C12H8FIOS. The maximum absolute atomic E-state index is 13.2. The van der Waals surface area contributed by atoms with E-state index < -0.39 is 0 Å². The van der Waals surface area contributed by atoms with Gasteiger partial charge < -0.3 is 0 Å². The van der Waals surface area contributed by atoms with E-state index >= 15 is 0 Å². The summed E-state index contributed by atoms with van der Waals surface area (Å²) in [5.41, 5.74) is 1.79. The van der Waals surface area contributed by atoms with E-state index in [4.69, 9.17) is 0 Å². The Hall–Kier alpha value is -0.750. The van der Waals surface area contributed by atoms with Gasteiger partial charge in [0.15, 0.2) is 5.78 Å². The summed E-state index contributed by atoms with van der Waals surface area (Å²) in [6.45, 7) is 1.78. The Morgan fingerprint density at radius 2 is 2.00 bits per heavy atom. The zero-order chi connectivity index (χ0) is 11.7. The fourth-order valence-corrected chi connectivity index (χ4v) is 2.79. The summed E-state index contributed by atoms with van der Waals surface area (Å²) in [5, 5.41) is 1.80. The highest BCUT2D eigenvalue weighted by atomic mass is 127. The molecule has 1 aromatic carbocycles. The number of ketones is 1. The van der Waals surface area contributed by atoms with Crippen molar-refractivity contribution in [2.24, 2.45) is 0 Å². The number of benzene rings is 1. The number of carbonyl (C=O) groups is 1. The highest BCUT2D eigenvalue weighted by Gasteiger charge is 2.12. The largest absolute Gasteiger partial charge is 0.289 e. The molecule has 0 amide bonds. The second-order valence-corrected chi connectivity index (χ2v) is 6.29. The van der Waals surface area contributed by atoms with Gasteiger partial charge in [-0.3, -0.25) is 4.79 Å². The summed E-state index contributed by atoms with van der Waals surface area (Å²) in [5.74, 6) is -0.491. The van der Waals surface area contributed by atoms with Gasteiger partial charge in [-0.25, -0.2) is 4.39 Å². The van der Waals surface area contributed by atoms with Crippen LogP contribution < -0.4 is 0 Å². The molecule has 0 aliphatic heterocycles. The lowest BCUT2D eigenvalue weighted by atomic mass is 10.0. The predicted molar refractivity (Wildman–Crippen MR) is 71.6 cm³/mol. The standard InChI is InChI=1S/C12H8FIOS/c1-7-2-8(4-10(13)3-7)12(15)9-5-11(14)16-6-9/h2-6H,1H3. The van der Waals surface area contributed by atoms with Gasteiger partial charge in [0.25, 0.3) is 0 Å². The van der Waals surface area contributed by atoms with Crippen molar-refractivity contribution in [2.75, 3.05) is 0 Å². The summed E-state index contributed by atoms with van der Waals surface area (Å²) < 4.78 is 14.2. The number of carbonyl (C=O) groups excluding carboxylic acids is 1. The minimum absolute atomic E-state index is 0.123. The normalized spacial score (nSPS) is 10.4. The molecule has 0 atom stereocenters. The van der Waals surface area contributed by atoms with Gasteiger partial charge in [0.05, 0.1) is 2.88 Å². The molecule has 0 unspecified atom stereocenters. The van der Waals surface area contributed by atoms with Gasteiger partial charge in [-0.15, -0.1) is 11.3 Å². The van der Waals surface area contributed by atoms with Gasteiger partial charge >= 0.3 is 0 Å². The maximum Gasteiger partial charge on any atom is 0.194 e. The third-order valence-corrected chi connectivity index (χ3v) is 3.92. The van der Waals surface area contributed by atoms with Crippen molar-refractivity contribution in [3.63, 3.8) is 0 Å². The summed E-state index contributed by atoms with van der Waals surface area (Å²) in [6.07, 6.45) is 0. The summed E-state index contributed by atoms with van der Waals surface area (Å²) in [7, 11) is 0. The van der Waals surface area contributed by atoms with Crippen molar-refractivity contribution in [3.8, 4) is 0 Å². The molecule has 0 spiro atoms. The number of hydrogen-bond donors (Lipinski definition) is 0. The summed E-state index contributed by atoms with van der Waals surface area (Å²) >= 11 is 3.67. The molecule has 0 aliphatic rings. The minimum atomic E-state index is -0.367. The first-order valence-corrected chi connectivity index (χ1v) is 6.58. The van der Waals surface area contributed by atoms with E-state index in [0.29, 0.717) is 11.1 Å². The van der Waals surface area contributed by atoms with Gasteiger partial charge in [0, 0.05) is 16.5 Å². The zero-order valence-corrected chi connectivity index (χ0v) is 11.4. The van der Waals surface area contributed by atoms with Crippen LogP contribution >= 0.6 is 33.9 Å². The van der Waals surface area contributed by atoms with Crippen LogP contribution in [0.15, 0.2) is 29.6 Å². The molecule has 2 rings (SSSR count). The molecule has 0 N–H and O–H groups in total. The fourth-order valence-electron chi connectivity index (χ4n) is 1.46. The quantitative estimate of drug-likeness (QED) is 0.593. The van der Waals surface area contributed by atoms with E-state index in [1.807, 2.05) is 6.07 Å². The average molecular weight is 346 g/mol. The Kier molecular flexibility index (Phi) is 3.39. The number of aryl methyl sites for hydroxylation is 1. The Bertz CT molecular complexity index is 527. The van der Waals surface area contributed by atoms with Crippen LogP contribution in [-0.4, -0.2) is 5.78 Å². The van der Waals surface area contributed by atoms with Crippen LogP contribution in [0.3, 0.4) is 0 Å². The molecule has 1 nitrogen and oxygen atoms in total. The minimum Gasteiger partial charge on any atom is -0.289 e. The van der Waals surface area contributed by atoms with Crippen molar-refractivity contribution in [3.05, 3.63) is 55.0 Å². The van der Waals surface area contributed by atoms with Gasteiger partial charge in [0.1, 0.15) is 5.82 Å². The first kappa shape index (κ1) is 11.7. The van der Waals surface area contributed by atoms with Gasteiger partial charge in [-0.1, -0.05) is 0 Å². The van der Waals surface area contributed by atoms with Gasteiger partial charge in [0.2, 0.25) is 0 Å². The molecule has 0 bridgehead atoms. The van der Waals surface area contributed by atoms with Crippen LogP contribution in [0.5, 0.6) is 0 Å². The molecule has 2 aromatic rings. The summed E-state index contributed by atoms with van der Waals surface area (Å²) in [4.78, 5) is 12.0. The van der Waals surface area contributed by atoms with Gasteiger partial charge in [-0.2, -0.15) is 0 Å². The monoisotopic (exact) mass is 346 g/mol. The molecule has 16 heavy (non-hydrogen) atoms. The Morgan fingerprint density at radius 3 is 2.56 bits per heavy atom. The number of halogens is 2. The number of hydrogen-bond acceptors (Lipinski definition) is 2. The molecule has 0 saturated heterocycles. The lowest BCUT2D eigenvalue weighted by molar-refractivity contribution is 0.103. The van der Waals surface area contributed by atoms with Crippen molar-refractivity contribution >= 4 is 39.7 Å². The SMILES string of the molecule is Cc1cc(F)cc(C(=O)c2csc(I)c2)c1. The second kappa shape index (κ2) is 4.63. The highest BCUT2D eigenvalue weighted by Crippen LogP contribution is 2.20. The molecule has 0 aliphatic carbocycles. The Balaban J connectivity index is 2.41. The molecule has 4 heteroatoms. The van der Waals surface area contributed by atoms with Crippen molar-refractivity contribution in [1.82, 2.24) is 0 Å². The molecule has 0 saturated carbocycles. The fraction of sp³-hybridized carbons (Fsp3) is 0.0833. The highest BCUT2D eigenvalue weighted by molar-refractivity contribution is 14.1. The van der Waals surface area contributed by atoms with Crippen LogP contribution in [0.2, 0.25) is 0 Å². The Labute approximate surface area is 110 Å². The van der Waals surface area contributed by atoms with E-state index in [1.54, 1.807) is 18.4 Å². The lowest BCUT2D eigenvalue weighted by Gasteiger charge is -2.00. The van der Waals surface area contributed by atoms with Gasteiger partial charge in [-0.05, 0) is 59.3 Å². The van der Waals surface area contributed by atoms with Crippen molar-refractivity contribution < 1.29 is 9.18 Å². The van der Waals surface area contributed by atoms with Crippen LogP contribution in [0.1, 0.15) is 21.5 Å². The van der Waals surface area contributed by atoms with E-state index in [1.165, 1.54) is 23.5 Å². The topological polar surface area (TPSA) is 17.1 Å². The smallest absolute Gasteiger partial charge is 0.194 e.